The van der Waals surface area contributed by atoms with Crippen molar-refractivity contribution in [3.63, 3.8) is 0 Å². The van der Waals surface area contributed by atoms with Gasteiger partial charge in [-0.15, -0.1) is 0 Å². The van der Waals surface area contributed by atoms with Crippen molar-refractivity contribution >= 4 is 33.0 Å². The average molecular weight is 377 g/mol. The van der Waals surface area contributed by atoms with Gasteiger partial charge in [0, 0.05) is 36.6 Å². The summed E-state index contributed by atoms with van der Waals surface area (Å²) in [5.41, 5.74) is 1.89. The molecule has 1 spiro atoms. The predicted molar refractivity (Wildman–Crippen MR) is 97.6 cm³/mol. The van der Waals surface area contributed by atoms with Crippen LogP contribution in [0.1, 0.15) is 29.4 Å². The number of carbonyl (C=O) groups is 1. The first kappa shape index (κ1) is 16.7. The molecule has 4 rings (SSSR count). The Morgan fingerprint density at radius 1 is 1.36 bits per heavy atom. The number of hydrogen-bond acceptors (Lipinski definition) is 5. The number of hydrogen-bond donors (Lipinski definition) is 0. The molecular weight excluding hydrogens is 358 g/mol. The predicted octanol–water partition coefficient (Wildman–Crippen LogP) is 2.10. The van der Waals surface area contributed by atoms with Gasteiger partial charge in [-0.2, -0.15) is 11.3 Å². The van der Waals surface area contributed by atoms with E-state index in [2.05, 4.69) is 4.98 Å². The smallest absolute Gasteiger partial charge is 0.259 e. The fourth-order valence-electron chi connectivity index (χ4n) is 3.79. The lowest BCUT2D eigenvalue weighted by Crippen LogP contribution is -2.40. The van der Waals surface area contributed by atoms with Gasteiger partial charge in [-0.25, -0.2) is 12.7 Å². The topological polar surface area (TPSA) is 70.6 Å². The molecule has 2 aliphatic heterocycles. The molecule has 1 atom stereocenters. The Balaban J connectivity index is 1.72. The Hall–Kier alpha value is -1.77. The molecule has 0 saturated carbocycles. The lowest BCUT2D eigenvalue weighted by Gasteiger charge is -2.24. The molecule has 1 amide bonds. The highest BCUT2D eigenvalue weighted by atomic mass is 32.2. The van der Waals surface area contributed by atoms with E-state index >= 15 is 0 Å². The van der Waals surface area contributed by atoms with Crippen molar-refractivity contribution in [3.8, 4) is 0 Å². The molecular formula is C17H19N3O3S2. The molecule has 0 bridgehead atoms. The number of amides is 1. The van der Waals surface area contributed by atoms with E-state index in [1.165, 1.54) is 11.3 Å². The van der Waals surface area contributed by atoms with Crippen LogP contribution in [0.3, 0.4) is 0 Å². The van der Waals surface area contributed by atoms with Crippen LogP contribution < -0.4 is 4.90 Å². The summed E-state index contributed by atoms with van der Waals surface area (Å²) >= 11 is 1.49. The zero-order valence-corrected chi connectivity index (χ0v) is 15.5. The van der Waals surface area contributed by atoms with Gasteiger partial charge in [-0.3, -0.25) is 9.78 Å². The largest absolute Gasteiger partial charge is 0.305 e. The number of anilines is 1. The molecule has 4 heterocycles. The van der Waals surface area contributed by atoms with Crippen LogP contribution in [0.4, 0.5) is 5.69 Å². The summed E-state index contributed by atoms with van der Waals surface area (Å²) in [5, 5.41) is 3.72. The molecule has 2 aliphatic rings. The fraction of sp³-hybridized carbons (Fsp3) is 0.412. The third-order valence-corrected chi connectivity index (χ3v) is 7.64. The van der Waals surface area contributed by atoms with Crippen LogP contribution in [-0.4, -0.2) is 49.0 Å². The van der Waals surface area contributed by atoms with E-state index in [1.807, 2.05) is 29.0 Å². The maximum atomic E-state index is 12.9. The molecule has 2 aromatic heterocycles. The van der Waals surface area contributed by atoms with Gasteiger partial charge in [0.15, 0.2) is 0 Å². The lowest BCUT2D eigenvalue weighted by atomic mass is 9.85. The van der Waals surface area contributed by atoms with Gasteiger partial charge in [-0.05, 0) is 36.9 Å². The number of pyridine rings is 1. The quantitative estimate of drug-likeness (QED) is 0.821. The van der Waals surface area contributed by atoms with Crippen molar-refractivity contribution in [2.75, 3.05) is 30.3 Å². The van der Waals surface area contributed by atoms with Gasteiger partial charge in [0.1, 0.15) is 0 Å². The van der Waals surface area contributed by atoms with Crippen molar-refractivity contribution in [3.05, 3.63) is 46.4 Å². The van der Waals surface area contributed by atoms with Gasteiger partial charge in [0.2, 0.25) is 10.0 Å². The van der Waals surface area contributed by atoms with Gasteiger partial charge < -0.3 is 4.90 Å². The summed E-state index contributed by atoms with van der Waals surface area (Å²) < 4.78 is 26.1. The second-order valence-corrected chi connectivity index (χ2v) is 9.58. The number of thiophene rings is 1. The molecule has 0 aromatic carbocycles. The Morgan fingerprint density at radius 2 is 2.20 bits per heavy atom. The number of nitrogens with zero attached hydrogens (tertiary/aromatic N) is 3. The fourth-order valence-corrected chi connectivity index (χ4v) is 5.59. The number of sulfonamides is 1. The third-order valence-electron chi connectivity index (χ3n) is 5.13. The monoisotopic (exact) mass is 377 g/mol. The third kappa shape index (κ3) is 2.59. The highest BCUT2D eigenvalue weighted by molar-refractivity contribution is 7.89. The van der Waals surface area contributed by atoms with Crippen LogP contribution in [0.2, 0.25) is 0 Å². The van der Waals surface area contributed by atoms with E-state index in [9.17, 15) is 13.2 Å². The Morgan fingerprint density at radius 3 is 2.92 bits per heavy atom. The molecule has 0 unspecified atom stereocenters. The highest BCUT2D eigenvalue weighted by Crippen LogP contribution is 2.46. The van der Waals surface area contributed by atoms with Crippen LogP contribution in [0.5, 0.6) is 0 Å². The van der Waals surface area contributed by atoms with Crippen LogP contribution >= 0.6 is 11.3 Å². The maximum absolute atomic E-state index is 12.9. The van der Waals surface area contributed by atoms with Gasteiger partial charge in [-0.1, -0.05) is 0 Å². The minimum atomic E-state index is -3.24. The van der Waals surface area contributed by atoms with Gasteiger partial charge in [0.25, 0.3) is 5.91 Å². The molecule has 6 nitrogen and oxygen atoms in total. The second kappa shape index (κ2) is 5.89. The van der Waals surface area contributed by atoms with E-state index in [0.717, 1.165) is 11.4 Å². The first-order valence-electron chi connectivity index (χ1n) is 8.24. The number of fused-ring (bicyclic) bond motifs is 2. The Kier molecular flexibility index (Phi) is 3.93. The zero-order chi connectivity index (χ0) is 17.7. The Labute approximate surface area is 151 Å². The molecule has 2 aromatic rings. The SMILES string of the molecule is CCS(=O)(=O)N1CC[C@]2(CN(C(=O)c3ccsc3)c3cccnc32)C1. The molecule has 1 fully saturated rings. The van der Waals surface area contributed by atoms with Crippen LogP contribution in [0.25, 0.3) is 0 Å². The van der Waals surface area contributed by atoms with E-state index in [1.54, 1.807) is 22.3 Å². The average Bonchev–Trinajstić information content (AvgIpc) is 3.35. The van der Waals surface area contributed by atoms with E-state index in [0.29, 0.717) is 31.6 Å². The van der Waals surface area contributed by atoms with E-state index in [-0.39, 0.29) is 11.7 Å². The molecule has 1 saturated heterocycles. The normalized spacial score (nSPS) is 23.3. The summed E-state index contributed by atoms with van der Waals surface area (Å²) in [6, 6.07) is 5.54. The van der Waals surface area contributed by atoms with Crippen molar-refractivity contribution in [1.82, 2.24) is 9.29 Å². The molecule has 8 heteroatoms. The minimum Gasteiger partial charge on any atom is -0.305 e. The summed E-state index contributed by atoms with van der Waals surface area (Å²) in [6.45, 7) is 3.00. The Bertz CT molecular complexity index is 911. The summed E-state index contributed by atoms with van der Waals surface area (Å²) in [5.74, 6) is 0.0413. The van der Waals surface area contributed by atoms with Crippen molar-refractivity contribution in [1.29, 1.82) is 0 Å². The highest BCUT2D eigenvalue weighted by Gasteiger charge is 2.51. The minimum absolute atomic E-state index is 0.0517. The lowest BCUT2D eigenvalue weighted by molar-refractivity contribution is 0.0985. The van der Waals surface area contributed by atoms with E-state index in [4.69, 9.17) is 0 Å². The number of aromatic nitrogens is 1. The van der Waals surface area contributed by atoms with Crippen molar-refractivity contribution < 1.29 is 13.2 Å². The summed E-state index contributed by atoms with van der Waals surface area (Å²) in [7, 11) is -3.24. The van der Waals surface area contributed by atoms with Crippen LogP contribution in [0.15, 0.2) is 35.2 Å². The van der Waals surface area contributed by atoms with Crippen molar-refractivity contribution in [2.45, 2.75) is 18.8 Å². The van der Waals surface area contributed by atoms with Crippen LogP contribution in [0, 0.1) is 0 Å². The summed E-state index contributed by atoms with van der Waals surface area (Å²) in [4.78, 5) is 19.2. The van der Waals surface area contributed by atoms with Crippen molar-refractivity contribution in [2.24, 2.45) is 0 Å². The first-order chi connectivity index (χ1) is 12.0. The molecule has 132 valence electrons. The van der Waals surface area contributed by atoms with Gasteiger partial charge in [0.05, 0.1) is 22.7 Å². The number of rotatable bonds is 3. The van der Waals surface area contributed by atoms with E-state index < -0.39 is 15.4 Å². The first-order valence-corrected chi connectivity index (χ1v) is 10.8. The standard InChI is InChI=1S/C17H19N3O3S2/c1-2-25(22,23)19-8-6-17(11-19)12-20(14-4-3-7-18-15(14)17)16(21)13-5-9-24-10-13/h3-5,7,9-10H,2,6,8,11-12H2,1H3/t17-/m1/s1. The molecule has 0 N–H and O–H groups in total. The van der Waals surface area contributed by atoms with Gasteiger partial charge >= 0.3 is 0 Å². The zero-order valence-electron chi connectivity index (χ0n) is 13.9. The maximum Gasteiger partial charge on any atom is 0.259 e. The summed E-state index contributed by atoms with van der Waals surface area (Å²) in [6.07, 6.45) is 2.40. The number of carbonyl (C=O) groups excluding carboxylic acids is 1. The van der Waals surface area contributed by atoms with Crippen LogP contribution in [-0.2, 0) is 15.4 Å². The molecule has 0 aliphatic carbocycles. The molecule has 0 radical (unpaired) electrons. The second-order valence-electron chi connectivity index (χ2n) is 6.54. The molecule has 25 heavy (non-hydrogen) atoms.